The molecular weight excluding hydrogens is 515 g/mol. The van der Waals surface area contributed by atoms with Crippen molar-refractivity contribution in [2.75, 3.05) is 32.1 Å². The van der Waals surface area contributed by atoms with Crippen LogP contribution in [0.4, 0.5) is 8.78 Å². The zero-order chi connectivity index (χ0) is 21.4. The Morgan fingerprint density at radius 1 is 1.28 bits per heavy atom. The summed E-state index contributed by atoms with van der Waals surface area (Å²) in [6.07, 6.45) is 1.77. The molecule has 0 saturated heterocycles. The number of guanidine groups is 1. The topological polar surface area (TPSA) is 71.0 Å². The number of hydrogen-bond donors (Lipinski definition) is 1. The van der Waals surface area contributed by atoms with Crippen LogP contribution in [0, 0.1) is 5.41 Å². The average Bonchev–Trinajstić information content (AvgIpc) is 2.57. The molecule has 0 aliphatic rings. The maximum absolute atomic E-state index is 12.2. The molecule has 0 fully saturated rings. The van der Waals surface area contributed by atoms with Crippen molar-refractivity contribution in [3.8, 4) is 5.75 Å². The van der Waals surface area contributed by atoms with Crippen molar-refractivity contribution < 1.29 is 21.9 Å². The quantitative estimate of drug-likeness (QED) is 0.275. The first-order valence-corrected chi connectivity index (χ1v) is 11.2. The van der Waals surface area contributed by atoms with Crippen LogP contribution in [0.5, 0.6) is 5.75 Å². The second kappa shape index (κ2) is 12.5. The van der Waals surface area contributed by atoms with Crippen molar-refractivity contribution >= 4 is 39.8 Å². The first-order valence-electron chi connectivity index (χ1n) is 9.13. The fraction of sp³-hybridized carbons (Fsp3) is 0.632. The summed E-state index contributed by atoms with van der Waals surface area (Å²) < 4.78 is 51.6. The zero-order valence-electron chi connectivity index (χ0n) is 17.6. The van der Waals surface area contributed by atoms with E-state index in [1.807, 2.05) is 32.7 Å². The van der Waals surface area contributed by atoms with Crippen LogP contribution in [0.3, 0.4) is 0 Å². The number of sulfone groups is 1. The van der Waals surface area contributed by atoms with Gasteiger partial charge in [-0.1, -0.05) is 26.0 Å². The number of hydrogen-bond acceptors (Lipinski definition) is 4. The highest BCUT2D eigenvalue weighted by molar-refractivity contribution is 14.0. The summed E-state index contributed by atoms with van der Waals surface area (Å²) in [5, 5.41) is 3.22. The highest BCUT2D eigenvalue weighted by atomic mass is 127. The van der Waals surface area contributed by atoms with E-state index in [2.05, 4.69) is 15.0 Å². The van der Waals surface area contributed by atoms with Crippen LogP contribution in [-0.4, -0.2) is 58.0 Å². The lowest BCUT2D eigenvalue weighted by Crippen LogP contribution is -2.39. The van der Waals surface area contributed by atoms with Gasteiger partial charge >= 0.3 is 6.61 Å². The van der Waals surface area contributed by atoms with Crippen LogP contribution in [0.15, 0.2) is 29.3 Å². The highest BCUT2D eigenvalue weighted by Crippen LogP contribution is 2.22. The molecule has 1 aromatic rings. The molecule has 0 bridgehead atoms. The van der Waals surface area contributed by atoms with Crippen LogP contribution in [0.2, 0.25) is 0 Å². The number of nitrogens with one attached hydrogen (secondary N) is 1. The summed E-state index contributed by atoms with van der Waals surface area (Å²) >= 11 is 0. The molecule has 0 radical (unpaired) electrons. The normalized spacial score (nSPS) is 12.5. The van der Waals surface area contributed by atoms with Crippen LogP contribution in [0.25, 0.3) is 0 Å². The lowest BCUT2D eigenvalue weighted by Gasteiger charge is -2.26. The van der Waals surface area contributed by atoms with Gasteiger partial charge in [-0.25, -0.2) is 8.42 Å². The Kier molecular flexibility index (Phi) is 12.0. The maximum atomic E-state index is 12.2. The van der Waals surface area contributed by atoms with Crippen LogP contribution in [-0.2, 0) is 16.4 Å². The molecule has 0 atom stereocenters. The molecule has 0 aromatic heterocycles. The third kappa shape index (κ3) is 12.2. The van der Waals surface area contributed by atoms with Crippen molar-refractivity contribution in [1.82, 2.24) is 10.2 Å². The van der Waals surface area contributed by atoms with Gasteiger partial charge in [-0.3, -0.25) is 4.99 Å². The first kappa shape index (κ1) is 27.8. The largest absolute Gasteiger partial charge is 0.435 e. The molecule has 0 aliphatic heterocycles. The first-order chi connectivity index (χ1) is 12.9. The van der Waals surface area contributed by atoms with Gasteiger partial charge in [0.05, 0.1) is 5.75 Å². The fourth-order valence-electron chi connectivity index (χ4n) is 2.42. The Hall–Kier alpha value is -1.17. The van der Waals surface area contributed by atoms with Gasteiger partial charge in [0.25, 0.3) is 0 Å². The number of alkyl halides is 2. The number of ether oxygens (including phenoxy) is 1. The van der Waals surface area contributed by atoms with Crippen LogP contribution >= 0.6 is 24.0 Å². The van der Waals surface area contributed by atoms with E-state index in [-0.39, 0.29) is 40.9 Å². The Balaban J connectivity index is 0.00000784. The fourth-order valence-corrected chi connectivity index (χ4v) is 3.35. The Labute approximate surface area is 190 Å². The molecule has 0 amide bonds. The number of nitrogens with zero attached hydrogens (tertiary/aromatic N) is 2. The molecule has 1 aromatic carbocycles. The standard InChI is InChI=1S/C19H31F2N3O3S.HI/c1-6-22-18(23-14-19(2,3)11-12-28(5,25)26)24(4)13-15-7-9-16(10-8-15)27-17(20)21;/h7-10,17H,6,11-14H2,1-5H3,(H,22,23);1H. The molecular formula is C19H32F2IN3O3S. The van der Waals surface area contributed by atoms with Gasteiger partial charge in [0.15, 0.2) is 5.96 Å². The molecule has 1 N–H and O–H groups in total. The number of aliphatic imine (C=N–C) groups is 1. The summed E-state index contributed by atoms with van der Waals surface area (Å²) in [6.45, 7) is 4.82. The van der Waals surface area contributed by atoms with Gasteiger partial charge in [0, 0.05) is 32.9 Å². The van der Waals surface area contributed by atoms with Crippen molar-refractivity contribution in [2.24, 2.45) is 10.4 Å². The molecule has 0 saturated carbocycles. The predicted molar refractivity (Wildman–Crippen MR) is 124 cm³/mol. The highest BCUT2D eigenvalue weighted by Gasteiger charge is 2.20. The summed E-state index contributed by atoms with van der Waals surface area (Å²) in [6, 6.07) is 6.48. The lowest BCUT2D eigenvalue weighted by molar-refractivity contribution is -0.0498. The summed E-state index contributed by atoms with van der Waals surface area (Å²) in [4.78, 5) is 6.58. The van der Waals surface area contributed by atoms with Crippen molar-refractivity contribution in [3.05, 3.63) is 29.8 Å². The maximum Gasteiger partial charge on any atom is 0.387 e. The zero-order valence-corrected chi connectivity index (χ0v) is 20.8. The van der Waals surface area contributed by atoms with Gasteiger partial charge < -0.3 is 15.0 Å². The molecule has 1 rings (SSSR count). The van der Waals surface area contributed by atoms with E-state index < -0.39 is 16.4 Å². The van der Waals surface area contributed by atoms with Crippen LogP contribution in [0.1, 0.15) is 32.8 Å². The molecule has 168 valence electrons. The van der Waals surface area contributed by atoms with E-state index in [4.69, 9.17) is 0 Å². The minimum atomic E-state index is -3.01. The predicted octanol–water partition coefficient (Wildman–Crippen LogP) is 3.76. The Morgan fingerprint density at radius 3 is 2.34 bits per heavy atom. The average molecular weight is 547 g/mol. The van der Waals surface area contributed by atoms with Crippen molar-refractivity contribution in [3.63, 3.8) is 0 Å². The molecule has 10 heteroatoms. The minimum Gasteiger partial charge on any atom is -0.435 e. The third-order valence-electron chi connectivity index (χ3n) is 4.07. The van der Waals surface area contributed by atoms with Gasteiger partial charge in [0.1, 0.15) is 15.6 Å². The van der Waals surface area contributed by atoms with Crippen molar-refractivity contribution in [2.45, 2.75) is 40.3 Å². The lowest BCUT2D eigenvalue weighted by atomic mass is 9.90. The van der Waals surface area contributed by atoms with E-state index in [1.54, 1.807) is 12.1 Å². The van der Waals surface area contributed by atoms with E-state index in [9.17, 15) is 17.2 Å². The summed E-state index contributed by atoms with van der Waals surface area (Å²) in [5.41, 5.74) is 0.671. The third-order valence-corrected chi connectivity index (χ3v) is 5.02. The van der Waals surface area contributed by atoms with E-state index in [0.717, 1.165) is 5.56 Å². The van der Waals surface area contributed by atoms with Crippen molar-refractivity contribution in [1.29, 1.82) is 0 Å². The molecule has 0 heterocycles. The Morgan fingerprint density at radius 2 is 1.86 bits per heavy atom. The van der Waals surface area contributed by atoms with E-state index in [0.29, 0.717) is 32.0 Å². The monoisotopic (exact) mass is 547 g/mol. The van der Waals surface area contributed by atoms with Gasteiger partial charge in [-0.05, 0) is 36.5 Å². The number of halogens is 3. The second-order valence-electron chi connectivity index (χ2n) is 7.59. The van der Waals surface area contributed by atoms with Gasteiger partial charge in [-0.2, -0.15) is 8.78 Å². The van der Waals surface area contributed by atoms with Gasteiger partial charge in [-0.15, -0.1) is 24.0 Å². The smallest absolute Gasteiger partial charge is 0.387 e. The molecule has 0 spiro atoms. The number of benzene rings is 1. The molecule has 0 unspecified atom stereocenters. The minimum absolute atomic E-state index is 0. The molecule has 0 aliphatic carbocycles. The SMILES string of the molecule is CCNC(=NCC(C)(C)CCS(C)(=O)=O)N(C)Cc1ccc(OC(F)F)cc1.I. The summed E-state index contributed by atoms with van der Waals surface area (Å²) in [7, 11) is -1.12. The van der Waals surface area contributed by atoms with E-state index in [1.165, 1.54) is 18.4 Å². The molecule has 29 heavy (non-hydrogen) atoms. The Bertz CT molecular complexity index is 742. The van der Waals surface area contributed by atoms with E-state index >= 15 is 0 Å². The second-order valence-corrected chi connectivity index (χ2v) is 9.85. The number of rotatable bonds is 10. The van der Waals surface area contributed by atoms with Gasteiger partial charge in [0.2, 0.25) is 0 Å². The summed E-state index contributed by atoms with van der Waals surface area (Å²) in [5.74, 6) is 0.951. The van der Waals surface area contributed by atoms with Crippen LogP contribution < -0.4 is 10.1 Å². The molecule has 6 nitrogen and oxygen atoms in total.